The van der Waals surface area contributed by atoms with Crippen molar-refractivity contribution in [2.75, 3.05) is 13.1 Å². The molecule has 2 aliphatic rings. The molecule has 0 bridgehead atoms. The van der Waals surface area contributed by atoms with Gasteiger partial charge in [-0.1, -0.05) is 5.57 Å². The third-order valence-electron chi connectivity index (χ3n) is 4.99. The number of amides is 1. The topological polar surface area (TPSA) is 57.6 Å². The van der Waals surface area contributed by atoms with E-state index >= 15 is 0 Å². The lowest BCUT2D eigenvalue weighted by molar-refractivity contribution is -0.131. The number of carbonyl (C=O) groups excluding carboxylic acids is 1. The smallest absolute Gasteiger partial charge is 0.254 e. The maximum Gasteiger partial charge on any atom is 0.254 e. The van der Waals surface area contributed by atoms with E-state index in [4.69, 9.17) is 0 Å². The molecule has 2 fully saturated rings. The van der Waals surface area contributed by atoms with Gasteiger partial charge in [0.05, 0.1) is 5.01 Å². The van der Waals surface area contributed by atoms with Crippen LogP contribution in [0.15, 0.2) is 39.1 Å². The number of hydrogen-bond acceptors (Lipinski definition) is 5. The highest BCUT2D eigenvalue weighted by molar-refractivity contribution is 7.09. The van der Waals surface area contributed by atoms with Crippen molar-refractivity contribution in [3.8, 4) is 0 Å². The summed E-state index contributed by atoms with van der Waals surface area (Å²) in [7, 11) is 0. The molecule has 0 spiro atoms. The van der Waals surface area contributed by atoms with Crippen molar-refractivity contribution in [2.45, 2.75) is 52.0 Å². The quantitative estimate of drug-likeness (QED) is 0.481. The van der Waals surface area contributed by atoms with Crippen molar-refractivity contribution < 1.29 is 4.79 Å². The summed E-state index contributed by atoms with van der Waals surface area (Å²) in [5.41, 5.74) is 2.73. The van der Waals surface area contributed by atoms with Gasteiger partial charge in [0, 0.05) is 47.3 Å². The largest absolute Gasteiger partial charge is 0.365 e. The highest BCUT2D eigenvalue weighted by Gasteiger charge is 2.39. The minimum atomic E-state index is 0.0780. The van der Waals surface area contributed by atoms with Gasteiger partial charge in [0.1, 0.15) is 5.82 Å². The first kappa shape index (κ1) is 17.9. The zero-order chi connectivity index (χ0) is 18.2. The fraction of sp³-hybridized carbons (Fsp3) is 0.526. The Morgan fingerprint density at radius 1 is 1.40 bits per heavy atom. The Kier molecular flexibility index (Phi) is 4.82. The molecule has 1 N–H and O–H groups in total. The van der Waals surface area contributed by atoms with Gasteiger partial charge in [0.2, 0.25) is 0 Å². The minimum Gasteiger partial charge on any atom is -0.365 e. The van der Waals surface area contributed by atoms with Gasteiger partial charge in [-0.3, -0.25) is 4.79 Å². The molecule has 0 radical (unpaired) electrons. The zero-order valence-corrected chi connectivity index (χ0v) is 16.2. The molecular formula is C19H26N4OS. The lowest BCUT2D eigenvalue weighted by atomic mass is 9.95. The molecule has 1 aromatic rings. The van der Waals surface area contributed by atoms with Gasteiger partial charge in [0.15, 0.2) is 0 Å². The molecule has 3 rings (SSSR count). The predicted octanol–water partition coefficient (Wildman–Crippen LogP) is 3.48. The third kappa shape index (κ3) is 3.68. The molecule has 0 aromatic carbocycles. The van der Waals surface area contributed by atoms with Crippen molar-refractivity contribution in [3.05, 3.63) is 39.1 Å². The van der Waals surface area contributed by atoms with Gasteiger partial charge >= 0.3 is 0 Å². The number of aromatic nitrogens is 1. The minimum absolute atomic E-state index is 0.0780. The summed E-state index contributed by atoms with van der Waals surface area (Å²) in [4.78, 5) is 23.5. The molecule has 134 valence electrons. The van der Waals surface area contributed by atoms with E-state index in [0.29, 0.717) is 5.92 Å². The number of carbonyl (C=O) groups is 1. The highest BCUT2D eigenvalue weighted by Crippen LogP contribution is 2.37. The first-order valence-corrected chi connectivity index (χ1v) is 9.55. The summed E-state index contributed by atoms with van der Waals surface area (Å²) >= 11 is 1.66. The van der Waals surface area contributed by atoms with Gasteiger partial charge in [-0.05, 0) is 47.3 Å². The Bertz CT molecular complexity index is 733. The fourth-order valence-electron chi connectivity index (χ4n) is 3.11. The van der Waals surface area contributed by atoms with Crippen LogP contribution in [0.2, 0.25) is 0 Å². The number of nitrogens with zero attached hydrogens (tertiary/aromatic N) is 3. The molecule has 1 amide bonds. The molecule has 1 aliphatic heterocycles. The van der Waals surface area contributed by atoms with Crippen LogP contribution in [-0.4, -0.2) is 41.1 Å². The highest BCUT2D eigenvalue weighted by atomic mass is 32.1. The van der Waals surface area contributed by atoms with Crippen molar-refractivity contribution in [3.63, 3.8) is 0 Å². The van der Waals surface area contributed by atoms with E-state index in [2.05, 4.69) is 28.9 Å². The van der Waals surface area contributed by atoms with Crippen molar-refractivity contribution in [1.82, 2.24) is 15.2 Å². The molecule has 5 nitrogen and oxygen atoms in total. The molecule has 0 unspecified atom stereocenters. The van der Waals surface area contributed by atoms with Gasteiger partial charge in [0.25, 0.3) is 5.91 Å². The van der Waals surface area contributed by atoms with Crippen LogP contribution in [0.4, 0.5) is 0 Å². The van der Waals surface area contributed by atoms with Crippen LogP contribution in [-0.2, 0) is 4.79 Å². The van der Waals surface area contributed by atoms with Crippen molar-refractivity contribution >= 4 is 24.0 Å². The summed E-state index contributed by atoms with van der Waals surface area (Å²) in [5, 5.41) is 6.55. The molecule has 1 aromatic heterocycles. The van der Waals surface area contributed by atoms with E-state index in [0.717, 1.165) is 53.5 Å². The summed E-state index contributed by atoms with van der Waals surface area (Å²) < 4.78 is 0. The van der Waals surface area contributed by atoms with E-state index in [-0.39, 0.29) is 11.4 Å². The van der Waals surface area contributed by atoms with Crippen LogP contribution in [0.1, 0.15) is 51.5 Å². The standard InChI is InChI=1S/C19H26N4OS/c1-12(2)15(13(3)16(20-5)22-19(4)6-7-19)18(24)23-10-14(11-23)17-21-8-9-25-17/h8-9,14,22H,5-7,10-11H2,1-4H3/b16-13-. The van der Waals surface area contributed by atoms with Crippen LogP contribution in [0.25, 0.3) is 0 Å². The van der Waals surface area contributed by atoms with E-state index in [1.807, 2.05) is 37.2 Å². The molecule has 2 heterocycles. The van der Waals surface area contributed by atoms with Crippen LogP contribution in [0.3, 0.4) is 0 Å². The number of nitrogens with one attached hydrogen (secondary N) is 1. The number of allylic oxidation sites excluding steroid dienone is 1. The summed E-state index contributed by atoms with van der Waals surface area (Å²) in [6, 6.07) is 0. The SMILES string of the molecule is C=N/C(NC1(C)CC1)=C(\C)C(C(=O)N1CC(c2nccs2)C1)=C(C)C. The Morgan fingerprint density at radius 3 is 2.56 bits per heavy atom. The summed E-state index contributed by atoms with van der Waals surface area (Å²) in [6.07, 6.45) is 4.07. The van der Waals surface area contributed by atoms with E-state index in [9.17, 15) is 4.79 Å². The number of likely N-dealkylation sites (tertiary alicyclic amines) is 1. The lowest BCUT2D eigenvalue weighted by Crippen LogP contribution is -2.49. The maximum atomic E-state index is 13.1. The van der Waals surface area contributed by atoms with E-state index in [1.165, 1.54) is 0 Å². The Hall–Kier alpha value is -1.95. The first-order valence-electron chi connectivity index (χ1n) is 8.67. The Labute approximate surface area is 153 Å². The monoisotopic (exact) mass is 358 g/mol. The van der Waals surface area contributed by atoms with Crippen LogP contribution in [0.5, 0.6) is 0 Å². The molecule has 6 heteroatoms. The van der Waals surface area contributed by atoms with Gasteiger partial charge in [-0.2, -0.15) is 0 Å². The molecule has 0 atom stereocenters. The molecule has 1 saturated carbocycles. The van der Waals surface area contributed by atoms with Crippen LogP contribution in [0, 0.1) is 0 Å². The predicted molar refractivity (Wildman–Crippen MR) is 103 cm³/mol. The molecule has 25 heavy (non-hydrogen) atoms. The lowest BCUT2D eigenvalue weighted by Gasteiger charge is -2.39. The second kappa shape index (κ2) is 6.75. The van der Waals surface area contributed by atoms with Crippen molar-refractivity contribution in [1.29, 1.82) is 0 Å². The number of aliphatic imine (C=N–C) groups is 1. The molecule has 1 saturated heterocycles. The maximum absolute atomic E-state index is 13.1. The van der Waals surface area contributed by atoms with Gasteiger partial charge in [-0.25, -0.2) is 9.98 Å². The Balaban J connectivity index is 1.76. The third-order valence-corrected chi connectivity index (χ3v) is 5.93. The normalized spacial score (nSPS) is 19.6. The number of rotatable bonds is 6. The average Bonchev–Trinajstić information content (AvgIpc) is 3.01. The second-order valence-electron chi connectivity index (χ2n) is 7.47. The van der Waals surface area contributed by atoms with Crippen molar-refractivity contribution in [2.24, 2.45) is 4.99 Å². The molecular weight excluding hydrogens is 332 g/mol. The van der Waals surface area contributed by atoms with E-state index in [1.54, 1.807) is 11.3 Å². The van der Waals surface area contributed by atoms with E-state index < -0.39 is 0 Å². The Morgan fingerprint density at radius 2 is 2.08 bits per heavy atom. The summed E-state index contributed by atoms with van der Waals surface area (Å²) in [5.74, 6) is 1.17. The van der Waals surface area contributed by atoms with Gasteiger partial charge in [-0.15, -0.1) is 11.3 Å². The number of thiazole rings is 1. The number of hydrogen-bond donors (Lipinski definition) is 1. The molecule has 1 aliphatic carbocycles. The zero-order valence-electron chi connectivity index (χ0n) is 15.4. The first-order chi connectivity index (χ1) is 11.8. The summed E-state index contributed by atoms with van der Waals surface area (Å²) in [6.45, 7) is 13.3. The average molecular weight is 359 g/mol. The van der Waals surface area contributed by atoms with Gasteiger partial charge < -0.3 is 10.2 Å². The fourth-order valence-corrected chi connectivity index (χ4v) is 3.84. The van der Waals surface area contributed by atoms with Crippen LogP contribution < -0.4 is 5.32 Å². The van der Waals surface area contributed by atoms with Crippen LogP contribution >= 0.6 is 11.3 Å². The second-order valence-corrected chi connectivity index (χ2v) is 8.40.